The first-order valence-corrected chi connectivity index (χ1v) is 12.4. The normalized spacial score (nSPS) is 11.6. The number of hydrogen-bond donors (Lipinski definition) is 0. The number of carboxylic acids is 1. The van der Waals surface area contributed by atoms with E-state index in [4.69, 9.17) is 11.6 Å². The molecule has 0 aliphatic rings. The molecule has 0 saturated carbocycles. The maximum Gasteiger partial charge on any atom is 1.00 e. The third-order valence-electron chi connectivity index (χ3n) is 5.43. The second-order valence-electron chi connectivity index (χ2n) is 7.91. The molecular weight excluding hydrogens is 556 g/mol. The van der Waals surface area contributed by atoms with Crippen molar-refractivity contribution >= 4 is 44.3 Å². The molecule has 1 heterocycles. The summed E-state index contributed by atoms with van der Waals surface area (Å²) in [5.74, 6) is -1.93. The van der Waals surface area contributed by atoms with E-state index in [0.717, 1.165) is 40.7 Å². The van der Waals surface area contributed by atoms with Crippen LogP contribution in [0.5, 0.6) is 5.75 Å². The van der Waals surface area contributed by atoms with Crippen molar-refractivity contribution < 1.29 is 65.8 Å². The van der Waals surface area contributed by atoms with Crippen LogP contribution >= 0.6 is 11.6 Å². The summed E-state index contributed by atoms with van der Waals surface area (Å²) in [6.07, 6.45) is -4.88. The molecule has 0 aliphatic carbocycles. The molecule has 0 saturated heterocycles. The smallest absolute Gasteiger partial charge is 0.545 e. The summed E-state index contributed by atoms with van der Waals surface area (Å²) in [5.41, 5.74) is 0.894. The molecule has 0 amide bonds. The van der Waals surface area contributed by atoms with Crippen LogP contribution in [-0.4, -0.2) is 25.7 Å². The number of pyridine rings is 1. The number of carboxylic acid groups (broad SMARTS) is 1. The minimum atomic E-state index is -4.88. The molecule has 13 heteroatoms. The van der Waals surface area contributed by atoms with Gasteiger partial charge in [-0.3, -0.25) is 0 Å². The number of para-hydroxylation sites is 1. The number of hydrogen-bond acceptors (Lipinski definition) is 6. The van der Waals surface area contributed by atoms with Crippen LogP contribution in [0.4, 0.5) is 19.0 Å². The van der Waals surface area contributed by atoms with E-state index in [-0.39, 0.29) is 57.4 Å². The van der Waals surface area contributed by atoms with E-state index in [1.165, 1.54) is 12.1 Å². The molecule has 0 unspecified atom stereocenters. The Morgan fingerprint density at radius 1 is 1.03 bits per heavy atom. The third-order valence-corrected chi connectivity index (χ3v) is 7.67. The number of fused-ring (bicyclic) bond motifs is 1. The number of ether oxygens (including phenoxy) is 1. The molecule has 4 rings (SSSR count). The molecular formula is C25H17ClF3N2NaO5S. The van der Waals surface area contributed by atoms with Gasteiger partial charge in [-0.25, -0.2) is 17.7 Å². The molecule has 0 radical (unpaired) electrons. The summed E-state index contributed by atoms with van der Waals surface area (Å²) in [4.78, 5) is 15.4. The minimum Gasteiger partial charge on any atom is -0.545 e. The molecule has 0 spiro atoms. The number of anilines is 1. The Bertz CT molecular complexity index is 1580. The van der Waals surface area contributed by atoms with E-state index in [2.05, 4.69) is 9.72 Å². The van der Waals surface area contributed by atoms with Gasteiger partial charge in [-0.05, 0) is 48.4 Å². The fourth-order valence-electron chi connectivity index (χ4n) is 3.62. The average molecular weight is 573 g/mol. The SMILES string of the molecule is Cc1c(N(Cc2ccc(OC(F)(F)F)cc2)S(=O)(=O)c2ccc(C(=O)[O-])cc2)nc2ccccc2c1Cl.[Na+]. The van der Waals surface area contributed by atoms with Crippen LogP contribution in [0.15, 0.2) is 77.7 Å². The molecule has 0 atom stereocenters. The van der Waals surface area contributed by atoms with E-state index in [9.17, 15) is 31.5 Å². The predicted molar refractivity (Wildman–Crippen MR) is 129 cm³/mol. The molecule has 38 heavy (non-hydrogen) atoms. The van der Waals surface area contributed by atoms with Gasteiger partial charge < -0.3 is 14.6 Å². The first kappa shape index (κ1) is 29.7. The number of rotatable bonds is 7. The van der Waals surface area contributed by atoms with E-state index in [1.807, 2.05) is 0 Å². The van der Waals surface area contributed by atoms with Crippen LogP contribution < -0.4 is 43.7 Å². The topological polar surface area (TPSA) is 99.6 Å². The molecule has 0 fully saturated rings. The zero-order chi connectivity index (χ0) is 27.0. The number of halogens is 4. The van der Waals surface area contributed by atoms with Crippen molar-refractivity contribution in [3.8, 4) is 5.75 Å². The van der Waals surface area contributed by atoms with E-state index >= 15 is 0 Å². The monoisotopic (exact) mass is 572 g/mol. The minimum absolute atomic E-state index is 0. The van der Waals surface area contributed by atoms with E-state index in [0.29, 0.717) is 22.0 Å². The van der Waals surface area contributed by atoms with Crippen molar-refractivity contribution in [3.63, 3.8) is 0 Å². The van der Waals surface area contributed by atoms with Crippen LogP contribution in [0.1, 0.15) is 21.5 Å². The summed E-state index contributed by atoms with van der Waals surface area (Å²) in [6.45, 7) is 1.28. The maximum atomic E-state index is 13.8. The molecule has 3 aromatic carbocycles. The van der Waals surface area contributed by atoms with Crippen LogP contribution in [0.3, 0.4) is 0 Å². The Kier molecular flexibility index (Phi) is 9.00. The van der Waals surface area contributed by atoms with Crippen molar-refractivity contribution in [2.24, 2.45) is 0 Å². The molecule has 0 aliphatic heterocycles. The van der Waals surface area contributed by atoms with E-state index in [1.54, 1.807) is 31.2 Å². The molecule has 1 aromatic heterocycles. The molecule has 0 N–H and O–H groups in total. The van der Waals surface area contributed by atoms with Gasteiger partial charge >= 0.3 is 35.9 Å². The summed E-state index contributed by atoms with van der Waals surface area (Å²) in [5, 5.41) is 12.0. The number of aromatic nitrogens is 1. The van der Waals surface area contributed by atoms with Gasteiger partial charge in [0.25, 0.3) is 10.0 Å². The molecule has 192 valence electrons. The van der Waals surface area contributed by atoms with Gasteiger partial charge in [-0.15, -0.1) is 13.2 Å². The summed E-state index contributed by atoms with van der Waals surface area (Å²) < 4.78 is 70.0. The van der Waals surface area contributed by atoms with Crippen molar-refractivity contribution in [2.45, 2.75) is 24.7 Å². The number of carbonyl (C=O) groups excluding carboxylic acids is 1. The largest absolute Gasteiger partial charge is 1.00 e. The number of alkyl halides is 3. The van der Waals surface area contributed by atoms with Gasteiger partial charge in [0.15, 0.2) is 0 Å². The Morgan fingerprint density at radius 3 is 2.21 bits per heavy atom. The second kappa shape index (κ2) is 11.5. The standard InChI is InChI=1S/C25H18ClF3N2O5S.Na/c1-15-22(26)20-4-2-3-5-21(20)30-23(15)31(14-16-6-10-18(11-7-16)36-25(27,28)29)37(34,35)19-12-8-17(9-13-19)24(32)33;/h2-13H,14H2,1H3,(H,32,33);/q;+1/p-1. The van der Waals surface area contributed by atoms with Gasteiger partial charge in [-0.2, -0.15) is 0 Å². The van der Waals surface area contributed by atoms with Gasteiger partial charge in [0.05, 0.1) is 27.9 Å². The zero-order valence-corrected chi connectivity index (χ0v) is 23.6. The fourth-order valence-corrected chi connectivity index (χ4v) is 5.33. The Hall–Kier alpha value is -2.83. The second-order valence-corrected chi connectivity index (χ2v) is 10.1. The predicted octanol–water partition coefficient (Wildman–Crippen LogP) is 1.86. The van der Waals surface area contributed by atoms with Gasteiger partial charge in [0.2, 0.25) is 0 Å². The summed E-state index contributed by atoms with van der Waals surface area (Å²) in [7, 11) is -4.35. The fraction of sp³-hybridized carbons (Fsp3) is 0.120. The Morgan fingerprint density at radius 2 is 1.63 bits per heavy atom. The summed E-state index contributed by atoms with van der Waals surface area (Å²) >= 11 is 6.56. The molecule has 0 bridgehead atoms. The number of nitrogens with zero attached hydrogens (tertiary/aromatic N) is 2. The van der Waals surface area contributed by atoms with Crippen molar-refractivity contribution in [1.82, 2.24) is 4.98 Å². The maximum absolute atomic E-state index is 13.8. The first-order chi connectivity index (χ1) is 17.4. The number of sulfonamides is 1. The van der Waals surface area contributed by atoms with Crippen LogP contribution in [-0.2, 0) is 16.6 Å². The Balaban J connectivity index is 0.00000400. The van der Waals surface area contributed by atoms with Crippen molar-refractivity contribution in [3.05, 3.63) is 94.5 Å². The molecule has 7 nitrogen and oxygen atoms in total. The van der Waals surface area contributed by atoms with Gasteiger partial charge in [-0.1, -0.05) is 54.1 Å². The third kappa shape index (κ3) is 6.41. The van der Waals surface area contributed by atoms with Crippen molar-refractivity contribution in [2.75, 3.05) is 4.31 Å². The van der Waals surface area contributed by atoms with Gasteiger partial charge in [0, 0.05) is 10.9 Å². The number of aromatic carboxylic acids is 1. The van der Waals surface area contributed by atoms with Crippen LogP contribution in [0.2, 0.25) is 5.02 Å². The molecule has 4 aromatic rings. The zero-order valence-electron chi connectivity index (χ0n) is 20.0. The van der Waals surface area contributed by atoms with Crippen LogP contribution in [0.25, 0.3) is 10.9 Å². The number of benzene rings is 3. The van der Waals surface area contributed by atoms with Crippen LogP contribution in [0, 0.1) is 6.92 Å². The quantitative estimate of drug-likeness (QED) is 0.314. The average Bonchev–Trinajstić information content (AvgIpc) is 2.85. The number of carbonyl (C=O) groups is 1. The van der Waals surface area contributed by atoms with Crippen molar-refractivity contribution in [1.29, 1.82) is 0 Å². The Labute approximate surface area is 243 Å². The summed E-state index contributed by atoms with van der Waals surface area (Å²) in [6, 6.07) is 16.0. The first-order valence-electron chi connectivity index (χ1n) is 10.6. The van der Waals surface area contributed by atoms with E-state index < -0.39 is 28.1 Å². The van der Waals surface area contributed by atoms with Gasteiger partial charge in [0.1, 0.15) is 11.6 Å².